The first-order valence-electron chi connectivity index (χ1n) is 8.87. The van der Waals surface area contributed by atoms with Crippen molar-refractivity contribution in [2.24, 2.45) is 0 Å². The molecule has 0 aliphatic heterocycles. The summed E-state index contributed by atoms with van der Waals surface area (Å²) in [5.41, 5.74) is 7.35. The van der Waals surface area contributed by atoms with Crippen molar-refractivity contribution in [1.82, 2.24) is 9.97 Å². The fourth-order valence-electron chi connectivity index (χ4n) is 3.01. The standard InChI is InChI=1S/C24H19FN2/c1-16-6-10-18(11-7-16)23-24(19-12-8-17(2)9-13-19)27-22(15-26-23)20-4-3-5-21(25)14-20/h3-15H,1-2H3. The summed E-state index contributed by atoms with van der Waals surface area (Å²) in [6.45, 7) is 4.11. The van der Waals surface area contributed by atoms with Crippen LogP contribution in [0.5, 0.6) is 0 Å². The molecule has 0 aliphatic carbocycles. The molecule has 4 aromatic rings. The molecule has 0 saturated carbocycles. The van der Waals surface area contributed by atoms with Gasteiger partial charge in [-0.2, -0.15) is 0 Å². The van der Waals surface area contributed by atoms with E-state index in [2.05, 4.69) is 50.2 Å². The normalized spacial score (nSPS) is 10.8. The Morgan fingerprint density at radius 2 is 1.26 bits per heavy atom. The summed E-state index contributed by atoms with van der Waals surface area (Å²) in [6, 6.07) is 22.9. The van der Waals surface area contributed by atoms with Gasteiger partial charge >= 0.3 is 0 Å². The van der Waals surface area contributed by atoms with E-state index in [1.807, 2.05) is 18.2 Å². The van der Waals surface area contributed by atoms with E-state index in [9.17, 15) is 4.39 Å². The largest absolute Gasteiger partial charge is 0.252 e. The molecule has 0 bridgehead atoms. The molecule has 0 radical (unpaired) electrons. The number of halogens is 1. The highest BCUT2D eigenvalue weighted by Gasteiger charge is 2.13. The smallest absolute Gasteiger partial charge is 0.123 e. The number of benzene rings is 3. The molecule has 1 aromatic heterocycles. The molecule has 27 heavy (non-hydrogen) atoms. The van der Waals surface area contributed by atoms with Crippen LogP contribution in [-0.4, -0.2) is 9.97 Å². The van der Waals surface area contributed by atoms with Crippen molar-refractivity contribution in [2.45, 2.75) is 13.8 Å². The monoisotopic (exact) mass is 354 g/mol. The Hall–Kier alpha value is -3.33. The van der Waals surface area contributed by atoms with E-state index in [1.165, 1.54) is 23.3 Å². The van der Waals surface area contributed by atoms with E-state index in [0.29, 0.717) is 11.3 Å². The first-order valence-corrected chi connectivity index (χ1v) is 8.87. The molecule has 3 aromatic carbocycles. The lowest BCUT2D eigenvalue weighted by atomic mass is 10.0. The van der Waals surface area contributed by atoms with Gasteiger partial charge in [-0.15, -0.1) is 0 Å². The molecule has 0 N–H and O–H groups in total. The molecule has 0 fully saturated rings. The number of aromatic nitrogens is 2. The lowest BCUT2D eigenvalue weighted by Gasteiger charge is -2.11. The van der Waals surface area contributed by atoms with E-state index in [1.54, 1.807) is 12.3 Å². The maximum absolute atomic E-state index is 13.7. The molecule has 0 unspecified atom stereocenters. The Morgan fingerprint density at radius 3 is 1.85 bits per heavy atom. The van der Waals surface area contributed by atoms with E-state index >= 15 is 0 Å². The minimum atomic E-state index is -0.284. The van der Waals surface area contributed by atoms with Crippen molar-refractivity contribution >= 4 is 0 Å². The highest BCUT2D eigenvalue weighted by Crippen LogP contribution is 2.31. The number of hydrogen-bond donors (Lipinski definition) is 0. The van der Waals surface area contributed by atoms with Crippen LogP contribution in [0.4, 0.5) is 4.39 Å². The molecular weight excluding hydrogens is 335 g/mol. The summed E-state index contributed by atoms with van der Waals surface area (Å²) in [6.07, 6.45) is 1.71. The van der Waals surface area contributed by atoms with Gasteiger partial charge in [0.05, 0.1) is 23.3 Å². The Balaban J connectivity index is 1.90. The summed E-state index contributed by atoms with van der Waals surface area (Å²) >= 11 is 0. The number of rotatable bonds is 3. The zero-order valence-corrected chi connectivity index (χ0v) is 15.3. The van der Waals surface area contributed by atoms with Crippen LogP contribution in [0.2, 0.25) is 0 Å². The van der Waals surface area contributed by atoms with E-state index in [0.717, 1.165) is 22.5 Å². The van der Waals surface area contributed by atoms with Gasteiger partial charge in [-0.1, -0.05) is 71.8 Å². The Kier molecular flexibility index (Phi) is 4.51. The second-order valence-corrected chi connectivity index (χ2v) is 6.69. The lowest BCUT2D eigenvalue weighted by molar-refractivity contribution is 0.628. The predicted octanol–water partition coefficient (Wildman–Crippen LogP) is 6.23. The topological polar surface area (TPSA) is 25.8 Å². The van der Waals surface area contributed by atoms with Gasteiger partial charge in [0.25, 0.3) is 0 Å². The highest BCUT2D eigenvalue weighted by atomic mass is 19.1. The minimum Gasteiger partial charge on any atom is -0.252 e. The third-order valence-corrected chi connectivity index (χ3v) is 4.54. The molecule has 2 nitrogen and oxygen atoms in total. The molecule has 0 spiro atoms. The molecule has 0 amide bonds. The van der Waals surface area contributed by atoms with Crippen LogP contribution in [0.15, 0.2) is 79.0 Å². The van der Waals surface area contributed by atoms with Crippen molar-refractivity contribution in [3.05, 3.63) is 95.9 Å². The third-order valence-electron chi connectivity index (χ3n) is 4.54. The second kappa shape index (κ2) is 7.12. The van der Waals surface area contributed by atoms with Crippen LogP contribution in [0.3, 0.4) is 0 Å². The predicted molar refractivity (Wildman–Crippen MR) is 108 cm³/mol. The van der Waals surface area contributed by atoms with Crippen molar-refractivity contribution in [1.29, 1.82) is 0 Å². The van der Waals surface area contributed by atoms with Crippen molar-refractivity contribution in [3.8, 4) is 33.8 Å². The molecule has 132 valence electrons. The SMILES string of the molecule is Cc1ccc(-c2ncc(-c3cccc(F)c3)nc2-c2ccc(C)cc2)cc1. The summed E-state index contributed by atoms with van der Waals surface area (Å²) in [5, 5.41) is 0. The number of nitrogens with zero attached hydrogens (tertiary/aromatic N) is 2. The Labute approximate surface area is 158 Å². The van der Waals surface area contributed by atoms with Crippen LogP contribution >= 0.6 is 0 Å². The number of hydrogen-bond acceptors (Lipinski definition) is 2. The second-order valence-electron chi connectivity index (χ2n) is 6.69. The maximum Gasteiger partial charge on any atom is 0.123 e. The zero-order chi connectivity index (χ0) is 18.8. The van der Waals surface area contributed by atoms with Gasteiger partial charge in [-0.25, -0.2) is 9.37 Å². The number of aryl methyl sites for hydroxylation is 2. The van der Waals surface area contributed by atoms with Crippen molar-refractivity contribution < 1.29 is 4.39 Å². The van der Waals surface area contributed by atoms with Gasteiger partial charge in [-0.05, 0) is 26.0 Å². The van der Waals surface area contributed by atoms with Crippen LogP contribution in [0, 0.1) is 19.7 Å². The van der Waals surface area contributed by atoms with Gasteiger partial charge in [0, 0.05) is 16.7 Å². The molecule has 4 rings (SSSR count). The third kappa shape index (κ3) is 3.63. The lowest BCUT2D eigenvalue weighted by Crippen LogP contribution is -1.96. The average Bonchev–Trinajstić information content (AvgIpc) is 2.69. The highest BCUT2D eigenvalue weighted by molar-refractivity contribution is 5.79. The Morgan fingerprint density at radius 1 is 0.667 bits per heavy atom. The van der Waals surface area contributed by atoms with Gasteiger partial charge < -0.3 is 0 Å². The maximum atomic E-state index is 13.7. The van der Waals surface area contributed by atoms with Crippen molar-refractivity contribution in [2.75, 3.05) is 0 Å². The first-order chi connectivity index (χ1) is 13.1. The van der Waals surface area contributed by atoms with E-state index in [-0.39, 0.29) is 5.82 Å². The zero-order valence-electron chi connectivity index (χ0n) is 15.3. The molecular formula is C24H19FN2. The van der Waals surface area contributed by atoms with Crippen LogP contribution in [-0.2, 0) is 0 Å². The van der Waals surface area contributed by atoms with Crippen LogP contribution in [0.1, 0.15) is 11.1 Å². The fourth-order valence-corrected chi connectivity index (χ4v) is 3.01. The molecule has 0 aliphatic rings. The van der Waals surface area contributed by atoms with Crippen molar-refractivity contribution in [3.63, 3.8) is 0 Å². The van der Waals surface area contributed by atoms with E-state index < -0.39 is 0 Å². The first kappa shape index (κ1) is 17.1. The van der Waals surface area contributed by atoms with Gasteiger partial charge in [0.1, 0.15) is 5.82 Å². The van der Waals surface area contributed by atoms with Gasteiger partial charge in [-0.3, -0.25) is 4.98 Å². The van der Waals surface area contributed by atoms with E-state index in [4.69, 9.17) is 9.97 Å². The Bertz CT molecular complexity index is 1080. The average molecular weight is 354 g/mol. The molecule has 0 saturated heterocycles. The minimum absolute atomic E-state index is 0.284. The fraction of sp³-hybridized carbons (Fsp3) is 0.0833. The van der Waals surface area contributed by atoms with Gasteiger partial charge in [0.2, 0.25) is 0 Å². The summed E-state index contributed by atoms with van der Waals surface area (Å²) in [5.74, 6) is -0.284. The molecule has 1 heterocycles. The molecule has 0 atom stereocenters. The summed E-state index contributed by atoms with van der Waals surface area (Å²) in [4.78, 5) is 9.55. The van der Waals surface area contributed by atoms with Gasteiger partial charge in [0.15, 0.2) is 0 Å². The van der Waals surface area contributed by atoms with Crippen LogP contribution in [0.25, 0.3) is 33.8 Å². The van der Waals surface area contributed by atoms with Crippen LogP contribution < -0.4 is 0 Å². The quantitative estimate of drug-likeness (QED) is 0.435. The molecule has 3 heteroatoms. The summed E-state index contributed by atoms with van der Waals surface area (Å²) in [7, 11) is 0. The summed E-state index contributed by atoms with van der Waals surface area (Å²) < 4.78 is 13.7.